The first kappa shape index (κ1) is 19.7. The first-order valence-electron chi connectivity index (χ1n) is 8.38. The molecular formula is C19H21ClN2O4. The molecule has 0 spiro atoms. The third kappa shape index (κ3) is 5.20. The van der Waals surface area contributed by atoms with Crippen molar-refractivity contribution >= 4 is 23.2 Å². The second-order valence-electron chi connectivity index (χ2n) is 5.89. The molecule has 0 saturated carbocycles. The molecule has 0 radical (unpaired) electrons. The molecule has 0 heterocycles. The number of nitrogens with zero attached hydrogens (tertiary/aromatic N) is 1. The monoisotopic (exact) mass is 376 g/mol. The lowest BCUT2D eigenvalue weighted by Gasteiger charge is -2.21. The lowest BCUT2D eigenvalue weighted by molar-refractivity contribution is -0.386. The summed E-state index contributed by atoms with van der Waals surface area (Å²) < 4.78 is 5.53. The molecule has 26 heavy (non-hydrogen) atoms. The van der Waals surface area contributed by atoms with E-state index in [0.29, 0.717) is 0 Å². The number of nitro groups is 1. The van der Waals surface area contributed by atoms with Gasteiger partial charge in [-0.15, -0.1) is 0 Å². The van der Waals surface area contributed by atoms with Gasteiger partial charge in [-0.3, -0.25) is 14.9 Å². The van der Waals surface area contributed by atoms with Gasteiger partial charge in [0.2, 0.25) is 0 Å². The Bertz CT molecular complexity index is 767. The summed E-state index contributed by atoms with van der Waals surface area (Å²) in [5.41, 5.74) is 0.734. The van der Waals surface area contributed by atoms with Crippen LogP contribution in [-0.4, -0.2) is 16.9 Å². The van der Waals surface area contributed by atoms with E-state index in [9.17, 15) is 14.9 Å². The molecule has 2 aromatic carbocycles. The van der Waals surface area contributed by atoms with Gasteiger partial charge in [-0.1, -0.05) is 55.3 Å². The zero-order valence-electron chi connectivity index (χ0n) is 14.6. The summed E-state index contributed by atoms with van der Waals surface area (Å²) in [6.07, 6.45) is 0.791. The van der Waals surface area contributed by atoms with E-state index in [-0.39, 0.29) is 28.4 Å². The molecule has 1 amide bonds. The zero-order valence-corrected chi connectivity index (χ0v) is 15.4. The number of nitrogens with one attached hydrogen (secondary N) is 1. The van der Waals surface area contributed by atoms with Crippen molar-refractivity contribution in [2.75, 3.05) is 0 Å². The van der Waals surface area contributed by atoms with Gasteiger partial charge in [0, 0.05) is 11.1 Å². The summed E-state index contributed by atoms with van der Waals surface area (Å²) in [5, 5.41) is 14.3. The number of hydrogen-bond acceptors (Lipinski definition) is 4. The van der Waals surface area contributed by atoms with Gasteiger partial charge in [-0.2, -0.15) is 0 Å². The number of hydrogen-bond donors (Lipinski definition) is 1. The van der Waals surface area contributed by atoms with Crippen LogP contribution in [0.15, 0.2) is 48.5 Å². The minimum atomic E-state index is -0.891. The molecule has 2 aromatic rings. The molecule has 6 nitrogen and oxygen atoms in total. The van der Waals surface area contributed by atoms with Gasteiger partial charge in [0.15, 0.2) is 11.9 Å². The van der Waals surface area contributed by atoms with Crippen LogP contribution >= 0.6 is 11.6 Å². The summed E-state index contributed by atoms with van der Waals surface area (Å²) in [5.74, 6) is -0.328. The van der Waals surface area contributed by atoms with Crippen molar-refractivity contribution < 1.29 is 14.5 Å². The Kier molecular flexibility index (Phi) is 6.97. The number of benzene rings is 2. The van der Waals surface area contributed by atoms with E-state index in [2.05, 4.69) is 5.32 Å². The van der Waals surface area contributed by atoms with Gasteiger partial charge in [-0.25, -0.2) is 0 Å². The fourth-order valence-electron chi connectivity index (χ4n) is 2.56. The van der Waals surface area contributed by atoms with Gasteiger partial charge in [0.25, 0.3) is 5.91 Å². The normalized spacial score (nSPS) is 12.9. The fourth-order valence-corrected chi connectivity index (χ4v) is 2.73. The highest BCUT2D eigenvalue weighted by atomic mass is 35.5. The van der Waals surface area contributed by atoms with Gasteiger partial charge >= 0.3 is 5.69 Å². The molecule has 0 bridgehead atoms. The molecule has 7 heteroatoms. The zero-order chi connectivity index (χ0) is 19.1. The van der Waals surface area contributed by atoms with Crippen LogP contribution in [-0.2, 0) is 4.79 Å². The van der Waals surface area contributed by atoms with Crippen LogP contribution in [0, 0.1) is 10.1 Å². The van der Waals surface area contributed by atoms with Crippen LogP contribution in [0.3, 0.4) is 0 Å². The predicted molar refractivity (Wildman–Crippen MR) is 100 cm³/mol. The Labute approximate surface area is 157 Å². The Balaban J connectivity index is 2.10. The van der Waals surface area contributed by atoms with E-state index in [0.717, 1.165) is 18.4 Å². The maximum atomic E-state index is 12.5. The largest absolute Gasteiger partial charge is 0.474 e. The van der Waals surface area contributed by atoms with Crippen LogP contribution < -0.4 is 10.1 Å². The minimum Gasteiger partial charge on any atom is -0.474 e. The minimum absolute atomic E-state index is 0.00815. The summed E-state index contributed by atoms with van der Waals surface area (Å²) in [6, 6.07) is 13.6. The van der Waals surface area contributed by atoms with Crippen LogP contribution in [0.5, 0.6) is 5.75 Å². The summed E-state index contributed by atoms with van der Waals surface area (Å²) in [4.78, 5) is 23.1. The number of ether oxygens (including phenoxy) is 1. The van der Waals surface area contributed by atoms with Crippen LogP contribution in [0.4, 0.5) is 5.69 Å². The van der Waals surface area contributed by atoms with E-state index < -0.39 is 11.0 Å². The maximum absolute atomic E-state index is 12.5. The first-order chi connectivity index (χ1) is 12.4. The Morgan fingerprint density at radius 2 is 1.96 bits per heavy atom. The molecule has 0 aliphatic rings. The smallest absolute Gasteiger partial charge is 0.312 e. The van der Waals surface area contributed by atoms with E-state index in [4.69, 9.17) is 16.3 Å². The number of carbonyl (C=O) groups is 1. The van der Waals surface area contributed by atoms with Crippen molar-refractivity contribution in [3.8, 4) is 5.75 Å². The maximum Gasteiger partial charge on any atom is 0.312 e. The third-order valence-corrected chi connectivity index (χ3v) is 4.12. The van der Waals surface area contributed by atoms with E-state index in [1.807, 2.05) is 37.3 Å². The number of rotatable bonds is 8. The third-order valence-electron chi connectivity index (χ3n) is 3.89. The first-order valence-corrected chi connectivity index (χ1v) is 8.76. The Morgan fingerprint density at radius 3 is 2.58 bits per heavy atom. The standard InChI is InChI=1S/C19H21ClN2O4/c1-3-7-16(14-8-5-4-6-9-14)21-19(23)13(2)26-18-11-10-15(20)12-17(18)22(24)25/h4-6,8-13,16H,3,7H2,1-2H3,(H,21,23)/t13-,16-/m1/s1. The number of nitro benzene ring substituents is 1. The highest BCUT2D eigenvalue weighted by Crippen LogP contribution is 2.30. The number of amides is 1. The highest BCUT2D eigenvalue weighted by Gasteiger charge is 2.23. The lowest BCUT2D eigenvalue weighted by Crippen LogP contribution is -2.38. The average molecular weight is 377 g/mol. The van der Waals surface area contributed by atoms with Crippen molar-refractivity contribution in [3.05, 3.63) is 69.2 Å². The highest BCUT2D eigenvalue weighted by molar-refractivity contribution is 6.30. The van der Waals surface area contributed by atoms with Gasteiger partial charge in [-0.05, 0) is 31.0 Å². The average Bonchev–Trinajstić information content (AvgIpc) is 2.63. The summed E-state index contributed by atoms with van der Waals surface area (Å²) in [6.45, 7) is 3.60. The SMILES string of the molecule is CCC[C@@H](NC(=O)[C@@H](C)Oc1ccc(Cl)cc1[N+](=O)[O-])c1ccccc1. The van der Waals surface area contributed by atoms with E-state index in [1.165, 1.54) is 18.2 Å². The van der Waals surface area contributed by atoms with Crippen molar-refractivity contribution in [3.63, 3.8) is 0 Å². The number of halogens is 1. The molecule has 138 valence electrons. The number of carbonyl (C=O) groups excluding carboxylic acids is 1. The van der Waals surface area contributed by atoms with Crippen molar-refractivity contribution in [1.29, 1.82) is 0 Å². The fraction of sp³-hybridized carbons (Fsp3) is 0.316. The molecule has 0 aliphatic heterocycles. The molecule has 1 N–H and O–H groups in total. The Hall–Kier alpha value is -2.60. The van der Waals surface area contributed by atoms with Crippen molar-refractivity contribution in [2.24, 2.45) is 0 Å². The molecule has 0 unspecified atom stereocenters. The summed E-state index contributed by atoms with van der Waals surface area (Å²) >= 11 is 5.79. The van der Waals surface area contributed by atoms with Crippen molar-refractivity contribution in [1.82, 2.24) is 5.32 Å². The lowest BCUT2D eigenvalue weighted by atomic mass is 10.0. The van der Waals surface area contributed by atoms with Crippen molar-refractivity contribution in [2.45, 2.75) is 38.8 Å². The molecule has 0 fully saturated rings. The van der Waals surface area contributed by atoms with Crippen LogP contribution in [0.25, 0.3) is 0 Å². The molecule has 0 aromatic heterocycles. The molecule has 0 aliphatic carbocycles. The van der Waals surface area contributed by atoms with Gasteiger partial charge < -0.3 is 10.1 Å². The van der Waals surface area contributed by atoms with E-state index in [1.54, 1.807) is 6.92 Å². The summed E-state index contributed by atoms with van der Waals surface area (Å²) in [7, 11) is 0. The Morgan fingerprint density at radius 1 is 1.27 bits per heavy atom. The van der Waals surface area contributed by atoms with Gasteiger partial charge in [0.1, 0.15) is 0 Å². The molecule has 2 rings (SSSR count). The second-order valence-corrected chi connectivity index (χ2v) is 6.33. The van der Waals surface area contributed by atoms with Crippen LogP contribution in [0.1, 0.15) is 38.3 Å². The molecule has 0 saturated heterocycles. The molecular weight excluding hydrogens is 356 g/mol. The molecule has 2 atom stereocenters. The second kappa shape index (κ2) is 9.20. The van der Waals surface area contributed by atoms with Gasteiger partial charge in [0.05, 0.1) is 11.0 Å². The quantitative estimate of drug-likeness (QED) is 0.536. The van der Waals surface area contributed by atoms with Crippen LogP contribution in [0.2, 0.25) is 5.02 Å². The van der Waals surface area contributed by atoms with E-state index >= 15 is 0 Å². The predicted octanol–water partition coefficient (Wildman–Crippen LogP) is 4.67. The topological polar surface area (TPSA) is 81.5 Å².